The number of amides is 1. The van der Waals surface area contributed by atoms with Gasteiger partial charge in [0.25, 0.3) is 5.69 Å². The fourth-order valence-corrected chi connectivity index (χ4v) is 2.60. The van der Waals surface area contributed by atoms with Crippen LogP contribution in [0.3, 0.4) is 0 Å². The first-order valence-corrected chi connectivity index (χ1v) is 7.86. The number of halogens is 1. The van der Waals surface area contributed by atoms with Crippen molar-refractivity contribution in [2.24, 2.45) is 0 Å². The van der Waals surface area contributed by atoms with Crippen molar-refractivity contribution in [2.75, 3.05) is 18.2 Å². The largest absolute Gasteiger partial charge is 0.495 e. The van der Waals surface area contributed by atoms with Crippen molar-refractivity contribution in [3.8, 4) is 5.75 Å². The average molecular weight is 353 g/mol. The molecule has 0 bridgehead atoms. The first-order chi connectivity index (χ1) is 11.0. The summed E-state index contributed by atoms with van der Waals surface area (Å²) in [5.41, 5.74) is 0.148. The van der Waals surface area contributed by atoms with Crippen LogP contribution in [0.25, 0.3) is 0 Å². The molecule has 120 valence electrons. The molecular weight excluding hydrogens is 340 g/mol. The minimum atomic E-state index is -0.530. The first-order valence-electron chi connectivity index (χ1n) is 6.50. The smallest absolute Gasteiger partial charge is 0.271 e. The predicted molar refractivity (Wildman–Crippen MR) is 90.5 cm³/mol. The monoisotopic (exact) mass is 352 g/mol. The van der Waals surface area contributed by atoms with Crippen LogP contribution in [0.4, 0.5) is 11.4 Å². The van der Waals surface area contributed by atoms with Crippen LogP contribution in [0.5, 0.6) is 5.75 Å². The number of methoxy groups -OCH3 is 1. The van der Waals surface area contributed by atoms with Gasteiger partial charge >= 0.3 is 0 Å². The lowest BCUT2D eigenvalue weighted by atomic mass is 10.2. The Morgan fingerprint density at radius 1 is 1.30 bits per heavy atom. The van der Waals surface area contributed by atoms with E-state index in [1.54, 1.807) is 12.1 Å². The van der Waals surface area contributed by atoms with Gasteiger partial charge in [0, 0.05) is 22.1 Å². The number of nitro groups is 1. The third kappa shape index (κ3) is 4.87. The van der Waals surface area contributed by atoms with Crippen LogP contribution >= 0.6 is 23.4 Å². The number of rotatable bonds is 6. The second-order valence-electron chi connectivity index (χ2n) is 4.43. The van der Waals surface area contributed by atoms with Crippen LogP contribution < -0.4 is 10.1 Å². The number of hydrogen-bond donors (Lipinski definition) is 1. The lowest BCUT2D eigenvalue weighted by Gasteiger charge is -2.10. The summed E-state index contributed by atoms with van der Waals surface area (Å²) in [6, 6.07) is 11.1. The molecule has 0 aromatic heterocycles. The molecule has 1 N–H and O–H groups in total. The number of benzene rings is 2. The number of nitro benzene ring substituents is 1. The zero-order valence-electron chi connectivity index (χ0n) is 12.1. The number of ether oxygens (including phenoxy) is 1. The molecule has 0 heterocycles. The Morgan fingerprint density at radius 2 is 2.00 bits per heavy atom. The number of non-ortho nitro benzene ring substituents is 1. The van der Waals surface area contributed by atoms with E-state index >= 15 is 0 Å². The average Bonchev–Trinajstić information content (AvgIpc) is 2.54. The van der Waals surface area contributed by atoms with Gasteiger partial charge in [-0.05, 0) is 30.3 Å². The Morgan fingerprint density at radius 3 is 2.61 bits per heavy atom. The van der Waals surface area contributed by atoms with Gasteiger partial charge in [-0.1, -0.05) is 11.6 Å². The summed E-state index contributed by atoms with van der Waals surface area (Å²) in [4.78, 5) is 23.2. The quantitative estimate of drug-likeness (QED) is 0.483. The first kappa shape index (κ1) is 17.1. The highest BCUT2D eigenvalue weighted by Crippen LogP contribution is 2.29. The van der Waals surface area contributed by atoms with Crippen LogP contribution in [0.1, 0.15) is 0 Å². The van der Waals surface area contributed by atoms with Crippen LogP contribution in [0.2, 0.25) is 5.02 Å². The van der Waals surface area contributed by atoms with Gasteiger partial charge in [-0.25, -0.2) is 0 Å². The molecule has 0 fully saturated rings. The van der Waals surface area contributed by atoms with E-state index in [1.165, 1.54) is 37.1 Å². The molecule has 0 aliphatic rings. The Balaban J connectivity index is 2.02. The minimum absolute atomic E-state index is 0.119. The van der Waals surface area contributed by atoms with Crippen LogP contribution in [0, 0.1) is 10.1 Å². The SMILES string of the molecule is COc1ccc([N+](=O)[O-])cc1NC(=O)CSc1ccc(Cl)cc1. The van der Waals surface area contributed by atoms with Gasteiger partial charge in [0.1, 0.15) is 5.75 Å². The Bertz CT molecular complexity index is 722. The van der Waals surface area contributed by atoms with Gasteiger partial charge in [0.2, 0.25) is 5.91 Å². The molecule has 8 heteroatoms. The maximum atomic E-state index is 12.0. The number of nitrogens with zero attached hydrogens (tertiary/aromatic N) is 1. The summed E-state index contributed by atoms with van der Waals surface area (Å²) >= 11 is 7.13. The normalized spacial score (nSPS) is 10.2. The fraction of sp³-hybridized carbons (Fsp3) is 0.133. The molecular formula is C15H13ClN2O4S. The molecule has 0 saturated carbocycles. The second-order valence-corrected chi connectivity index (χ2v) is 5.92. The van der Waals surface area contributed by atoms with Crippen LogP contribution in [-0.2, 0) is 4.79 Å². The van der Waals surface area contributed by atoms with E-state index in [0.717, 1.165) is 4.90 Å². The summed E-state index contributed by atoms with van der Waals surface area (Å²) in [6.07, 6.45) is 0. The Labute approximate surface area is 141 Å². The van der Waals surface area contributed by atoms with E-state index in [4.69, 9.17) is 16.3 Å². The summed E-state index contributed by atoms with van der Waals surface area (Å²) < 4.78 is 5.10. The zero-order chi connectivity index (χ0) is 16.8. The molecule has 0 spiro atoms. The van der Waals surface area contributed by atoms with Crippen molar-refractivity contribution < 1.29 is 14.5 Å². The van der Waals surface area contributed by atoms with E-state index in [2.05, 4.69) is 5.32 Å². The Hall–Kier alpha value is -2.25. The van der Waals surface area contributed by atoms with Crippen LogP contribution in [-0.4, -0.2) is 23.7 Å². The predicted octanol–water partition coefficient (Wildman–Crippen LogP) is 3.99. The van der Waals surface area contributed by atoms with Crippen molar-refractivity contribution >= 4 is 40.6 Å². The number of nitrogens with one attached hydrogen (secondary N) is 1. The van der Waals surface area contributed by atoms with Crippen molar-refractivity contribution in [1.82, 2.24) is 0 Å². The topological polar surface area (TPSA) is 81.5 Å². The van der Waals surface area contributed by atoms with Gasteiger partial charge in [0.05, 0.1) is 23.5 Å². The molecule has 0 aliphatic carbocycles. The molecule has 0 saturated heterocycles. The van der Waals surface area contributed by atoms with E-state index in [-0.39, 0.29) is 23.0 Å². The van der Waals surface area contributed by atoms with E-state index in [1.807, 2.05) is 12.1 Å². The molecule has 23 heavy (non-hydrogen) atoms. The van der Waals surface area contributed by atoms with E-state index < -0.39 is 4.92 Å². The number of carbonyl (C=O) groups excluding carboxylic acids is 1. The molecule has 2 aromatic rings. The fourth-order valence-electron chi connectivity index (χ4n) is 1.77. The maximum Gasteiger partial charge on any atom is 0.271 e. The number of hydrogen-bond acceptors (Lipinski definition) is 5. The summed E-state index contributed by atoms with van der Waals surface area (Å²) in [5, 5.41) is 14.1. The number of carbonyl (C=O) groups is 1. The van der Waals surface area contributed by atoms with Gasteiger partial charge in [-0.3, -0.25) is 14.9 Å². The molecule has 0 radical (unpaired) electrons. The molecule has 0 unspecified atom stereocenters. The molecule has 2 rings (SSSR count). The number of thioether (sulfide) groups is 1. The molecule has 6 nitrogen and oxygen atoms in total. The molecule has 0 aliphatic heterocycles. The second kappa shape index (κ2) is 7.85. The molecule has 0 atom stereocenters. The van der Waals surface area contributed by atoms with Gasteiger partial charge in [-0.2, -0.15) is 0 Å². The van der Waals surface area contributed by atoms with Gasteiger partial charge in [-0.15, -0.1) is 11.8 Å². The molecule has 2 aromatic carbocycles. The van der Waals surface area contributed by atoms with Gasteiger partial charge in [0.15, 0.2) is 0 Å². The van der Waals surface area contributed by atoms with E-state index in [0.29, 0.717) is 10.8 Å². The maximum absolute atomic E-state index is 12.0. The third-order valence-corrected chi connectivity index (χ3v) is 4.12. The highest BCUT2D eigenvalue weighted by molar-refractivity contribution is 8.00. The van der Waals surface area contributed by atoms with Crippen molar-refractivity contribution in [3.63, 3.8) is 0 Å². The summed E-state index contributed by atoms with van der Waals surface area (Å²) in [7, 11) is 1.43. The molecule has 1 amide bonds. The number of anilines is 1. The van der Waals surface area contributed by atoms with Crippen molar-refractivity contribution in [2.45, 2.75) is 4.90 Å². The summed E-state index contributed by atoms with van der Waals surface area (Å²) in [5.74, 6) is 0.234. The zero-order valence-corrected chi connectivity index (χ0v) is 13.7. The lowest BCUT2D eigenvalue weighted by molar-refractivity contribution is -0.384. The van der Waals surface area contributed by atoms with E-state index in [9.17, 15) is 14.9 Å². The van der Waals surface area contributed by atoms with Crippen molar-refractivity contribution in [1.29, 1.82) is 0 Å². The third-order valence-electron chi connectivity index (χ3n) is 2.85. The van der Waals surface area contributed by atoms with Crippen LogP contribution in [0.15, 0.2) is 47.4 Å². The highest BCUT2D eigenvalue weighted by Gasteiger charge is 2.13. The van der Waals surface area contributed by atoms with Gasteiger partial charge < -0.3 is 10.1 Å². The Kier molecular flexibility index (Phi) is 5.84. The minimum Gasteiger partial charge on any atom is -0.495 e. The standard InChI is InChI=1S/C15H13ClN2O4S/c1-22-14-7-4-11(18(20)21)8-13(14)17-15(19)9-23-12-5-2-10(16)3-6-12/h2-8H,9H2,1H3,(H,17,19). The van der Waals surface area contributed by atoms with Crippen molar-refractivity contribution in [3.05, 3.63) is 57.6 Å². The lowest BCUT2D eigenvalue weighted by Crippen LogP contribution is -2.14. The highest BCUT2D eigenvalue weighted by atomic mass is 35.5. The summed E-state index contributed by atoms with van der Waals surface area (Å²) in [6.45, 7) is 0.